The molecule has 4 nitrogen and oxygen atoms in total. The van der Waals surface area contributed by atoms with Gasteiger partial charge in [-0.3, -0.25) is 9.59 Å². The fraction of sp³-hybridized carbons (Fsp3) is 0.167. The zero-order valence-electron chi connectivity index (χ0n) is 8.54. The van der Waals surface area contributed by atoms with E-state index < -0.39 is 0 Å². The number of rotatable bonds is 2. The van der Waals surface area contributed by atoms with Gasteiger partial charge in [-0.1, -0.05) is 17.9 Å². The Hall–Kier alpha value is -2.28. The molecule has 0 fully saturated rings. The largest absolute Gasteiger partial charge is 0.348 e. The summed E-state index contributed by atoms with van der Waals surface area (Å²) in [6.45, 7) is 0.842. The third-order valence-corrected chi connectivity index (χ3v) is 2.34. The second-order valence-corrected chi connectivity index (χ2v) is 3.31. The Balaban J connectivity index is 2.25. The average Bonchev–Trinajstić information content (AvgIpc) is 2.68. The van der Waals surface area contributed by atoms with Crippen LogP contribution in [0.2, 0.25) is 0 Å². The molecule has 0 bridgehead atoms. The second-order valence-electron chi connectivity index (χ2n) is 3.31. The minimum atomic E-state index is -0.0512. The molecule has 0 saturated carbocycles. The molecule has 0 spiro atoms. The van der Waals surface area contributed by atoms with Crippen molar-refractivity contribution in [2.45, 2.75) is 6.54 Å². The molecule has 0 saturated heterocycles. The Morgan fingerprint density at radius 2 is 2.38 bits per heavy atom. The molecule has 0 unspecified atom stereocenters. The monoisotopic (exact) mass is 214 g/mol. The molecular weight excluding hydrogens is 204 g/mol. The molecule has 2 rings (SSSR count). The van der Waals surface area contributed by atoms with Gasteiger partial charge in [0.05, 0.1) is 6.54 Å². The molecule has 1 aliphatic heterocycles. The number of benzene rings is 1. The van der Waals surface area contributed by atoms with Crippen LogP contribution in [0.25, 0.3) is 0 Å². The molecule has 0 aliphatic carbocycles. The average molecular weight is 214 g/mol. The third kappa shape index (κ3) is 1.89. The van der Waals surface area contributed by atoms with Crippen molar-refractivity contribution in [3.8, 4) is 11.8 Å². The molecule has 16 heavy (non-hydrogen) atoms. The first-order valence-electron chi connectivity index (χ1n) is 4.89. The van der Waals surface area contributed by atoms with Crippen LogP contribution >= 0.6 is 0 Å². The Morgan fingerprint density at radius 1 is 1.50 bits per heavy atom. The highest BCUT2D eigenvalue weighted by atomic mass is 16.2. The fourth-order valence-corrected chi connectivity index (χ4v) is 1.60. The van der Waals surface area contributed by atoms with E-state index in [0.29, 0.717) is 25.1 Å². The molecular formula is C12H10N2O2. The quantitative estimate of drug-likeness (QED) is 0.414. The van der Waals surface area contributed by atoms with Crippen LogP contribution in [0.4, 0.5) is 0 Å². The Kier molecular flexibility index (Phi) is 2.88. The summed E-state index contributed by atoms with van der Waals surface area (Å²) in [6, 6.07) is 5.46. The normalized spacial score (nSPS) is 12.1. The summed E-state index contributed by atoms with van der Waals surface area (Å²) in [6.07, 6.45) is 0.606. The van der Waals surface area contributed by atoms with E-state index in [1.54, 1.807) is 12.1 Å². The van der Waals surface area contributed by atoms with Crippen molar-refractivity contribution >= 4 is 12.3 Å². The number of nitrogens with one attached hydrogen (secondary N) is 2. The summed E-state index contributed by atoms with van der Waals surface area (Å²) in [4.78, 5) is 21.4. The first-order chi connectivity index (χ1) is 7.83. The van der Waals surface area contributed by atoms with Gasteiger partial charge in [0.2, 0.25) is 6.41 Å². The first kappa shape index (κ1) is 10.2. The molecule has 0 aromatic heterocycles. The minimum absolute atomic E-state index is 0.0512. The zero-order chi connectivity index (χ0) is 11.4. The molecule has 1 aromatic carbocycles. The lowest BCUT2D eigenvalue weighted by molar-refractivity contribution is -0.109. The highest BCUT2D eigenvalue weighted by Crippen LogP contribution is 2.18. The van der Waals surface area contributed by atoms with Crippen molar-refractivity contribution in [1.29, 1.82) is 0 Å². The van der Waals surface area contributed by atoms with Crippen LogP contribution < -0.4 is 10.6 Å². The fourth-order valence-electron chi connectivity index (χ4n) is 1.60. The number of amides is 2. The van der Waals surface area contributed by atoms with E-state index in [4.69, 9.17) is 0 Å². The molecule has 1 aliphatic rings. The minimum Gasteiger partial charge on any atom is -0.348 e. The van der Waals surface area contributed by atoms with Crippen molar-refractivity contribution < 1.29 is 9.59 Å². The van der Waals surface area contributed by atoms with Gasteiger partial charge in [0, 0.05) is 17.7 Å². The third-order valence-electron chi connectivity index (χ3n) is 2.34. The maximum absolute atomic E-state index is 11.4. The van der Waals surface area contributed by atoms with Gasteiger partial charge in [-0.05, 0) is 17.7 Å². The summed E-state index contributed by atoms with van der Waals surface area (Å²) >= 11 is 0. The predicted octanol–water partition coefficient (Wildman–Crippen LogP) is 0.0275. The molecule has 2 amide bonds. The lowest BCUT2D eigenvalue weighted by Gasteiger charge is -1.98. The van der Waals surface area contributed by atoms with E-state index in [1.165, 1.54) is 0 Å². The molecule has 0 radical (unpaired) electrons. The molecule has 1 heterocycles. The van der Waals surface area contributed by atoms with Crippen LogP contribution in [0.15, 0.2) is 18.2 Å². The van der Waals surface area contributed by atoms with Gasteiger partial charge in [0.15, 0.2) is 0 Å². The van der Waals surface area contributed by atoms with Gasteiger partial charge >= 0.3 is 0 Å². The van der Waals surface area contributed by atoms with E-state index in [9.17, 15) is 9.59 Å². The van der Waals surface area contributed by atoms with Gasteiger partial charge in [-0.25, -0.2) is 0 Å². The number of hydrogen-bond acceptors (Lipinski definition) is 2. The van der Waals surface area contributed by atoms with Crippen molar-refractivity contribution in [2.24, 2.45) is 0 Å². The molecule has 80 valence electrons. The van der Waals surface area contributed by atoms with Crippen molar-refractivity contribution in [3.05, 3.63) is 34.9 Å². The lowest BCUT2D eigenvalue weighted by atomic mass is 10.0. The van der Waals surface area contributed by atoms with E-state index >= 15 is 0 Å². The number of carbonyl (C=O) groups is 2. The van der Waals surface area contributed by atoms with Crippen molar-refractivity contribution in [2.75, 3.05) is 6.54 Å². The first-order valence-corrected chi connectivity index (χ1v) is 4.89. The molecule has 2 N–H and O–H groups in total. The summed E-state index contributed by atoms with van der Waals surface area (Å²) < 4.78 is 0. The summed E-state index contributed by atoms with van der Waals surface area (Å²) in [5.41, 5.74) is 2.46. The summed E-state index contributed by atoms with van der Waals surface area (Å²) in [5.74, 6) is 5.70. The number of fused-ring (bicyclic) bond motifs is 1. The predicted molar refractivity (Wildman–Crippen MR) is 58.6 cm³/mol. The van der Waals surface area contributed by atoms with Crippen LogP contribution in [0, 0.1) is 11.8 Å². The number of hydrogen-bond donors (Lipinski definition) is 2. The summed E-state index contributed by atoms with van der Waals surface area (Å²) in [5, 5.41) is 5.21. The van der Waals surface area contributed by atoms with Crippen LogP contribution in [-0.2, 0) is 11.3 Å². The van der Waals surface area contributed by atoms with Crippen molar-refractivity contribution in [1.82, 2.24) is 10.6 Å². The smallest absolute Gasteiger partial charge is 0.251 e. The second kappa shape index (κ2) is 4.49. The maximum atomic E-state index is 11.4. The van der Waals surface area contributed by atoms with Crippen LogP contribution in [-0.4, -0.2) is 18.9 Å². The zero-order valence-corrected chi connectivity index (χ0v) is 8.54. The Bertz CT molecular complexity index is 497. The highest BCUT2D eigenvalue weighted by Gasteiger charge is 2.20. The molecule has 0 atom stereocenters. The van der Waals surface area contributed by atoms with E-state index in [2.05, 4.69) is 22.5 Å². The van der Waals surface area contributed by atoms with E-state index in [1.807, 2.05) is 6.07 Å². The van der Waals surface area contributed by atoms with Crippen LogP contribution in [0.1, 0.15) is 21.5 Å². The lowest BCUT2D eigenvalue weighted by Crippen LogP contribution is -2.12. The molecule has 1 aromatic rings. The molecule has 4 heteroatoms. The van der Waals surface area contributed by atoms with Gasteiger partial charge in [-0.15, -0.1) is 0 Å². The standard InChI is InChI=1S/C12H10N2O2/c15-8-13-6-2-4-9-3-1-5-10-11(9)7-14-12(10)16/h1,3,5,8H,6-7H2,(H,13,15)(H,14,16). The Morgan fingerprint density at radius 3 is 3.19 bits per heavy atom. The van der Waals surface area contributed by atoms with E-state index in [0.717, 1.165) is 11.1 Å². The van der Waals surface area contributed by atoms with Gasteiger partial charge in [0.25, 0.3) is 5.91 Å². The maximum Gasteiger partial charge on any atom is 0.251 e. The number of carbonyl (C=O) groups excluding carboxylic acids is 2. The van der Waals surface area contributed by atoms with E-state index in [-0.39, 0.29) is 5.91 Å². The highest BCUT2D eigenvalue weighted by molar-refractivity contribution is 5.98. The van der Waals surface area contributed by atoms with Crippen LogP contribution in [0.5, 0.6) is 0 Å². The SMILES string of the molecule is O=CNCC#Cc1cccc2c1CNC2=O. The summed E-state index contributed by atoms with van der Waals surface area (Å²) in [7, 11) is 0. The Labute approximate surface area is 93.0 Å². The van der Waals surface area contributed by atoms with Gasteiger partial charge < -0.3 is 10.6 Å². The topological polar surface area (TPSA) is 58.2 Å². The van der Waals surface area contributed by atoms with Crippen molar-refractivity contribution in [3.63, 3.8) is 0 Å². The van der Waals surface area contributed by atoms with Gasteiger partial charge in [0.1, 0.15) is 0 Å². The van der Waals surface area contributed by atoms with Crippen LogP contribution in [0.3, 0.4) is 0 Å². The van der Waals surface area contributed by atoms with Gasteiger partial charge in [-0.2, -0.15) is 0 Å².